The van der Waals surface area contributed by atoms with Gasteiger partial charge in [-0.3, -0.25) is 0 Å². The lowest BCUT2D eigenvalue weighted by Gasteiger charge is -2.31. The Morgan fingerprint density at radius 3 is 2.38 bits per heavy atom. The van der Waals surface area contributed by atoms with Crippen LogP contribution in [0.2, 0.25) is 0 Å². The largest absolute Gasteiger partial charge is 0.313 e. The molecular formula is C13H28N2S. The first-order valence-corrected chi connectivity index (χ1v) is 7.59. The SMILES string of the molecule is CCN1CCC(NCCSC(C)(C)C)CC1. The van der Waals surface area contributed by atoms with Crippen LogP contribution >= 0.6 is 11.8 Å². The van der Waals surface area contributed by atoms with Gasteiger partial charge in [0.25, 0.3) is 0 Å². The number of hydrogen-bond donors (Lipinski definition) is 1. The molecule has 1 aliphatic rings. The second kappa shape index (κ2) is 6.87. The van der Waals surface area contributed by atoms with Gasteiger partial charge in [-0.05, 0) is 32.5 Å². The number of piperidine rings is 1. The molecule has 0 aromatic carbocycles. The van der Waals surface area contributed by atoms with Crippen molar-refractivity contribution in [1.29, 1.82) is 0 Å². The second-order valence-electron chi connectivity index (χ2n) is 5.62. The van der Waals surface area contributed by atoms with Gasteiger partial charge >= 0.3 is 0 Å². The maximum Gasteiger partial charge on any atom is 0.00917 e. The van der Waals surface area contributed by atoms with Gasteiger partial charge in [0.15, 0.2) is 0 Å². The Balaban J connectivity index is 2.02. The zero-order valence-electron chi connectivity index (χ0n) is 11.4. The molecule has 16 heavy (non-hydrogen) atoms. The molecule has 1 aliphatic heterocycles. The average Bonchev–Trinajstić information content (AvgIpc) is 2.24. The summed E-state index contributed by atoms with van der Waals surface area (Å²) in [5.74, 6) is 1.23. The smallest absolute Gasteiger partial charge is 0.00917 e. The molecule has 2 nitrogen and oxygen atoms in total. The highest BCUT2D eigenvalue weighted by Gasteiger charge is 2.17. The van der Waals surface area contributed by atoms with Crippen molar-refractivity contribution in [3.63, 3.8) is 0 Å². The van der Waals surface area contributed by atoms with E-state index in [9.17, 15) is 0 Å². The van der Waals surface area contributed by atoms with Gasteiger partial charge in [-0.2, -0.15) is 11.8 Å². The Kier molecular flexibility index (Phi) is 6.16. The predicted molar refractivity (Wildman–Crippen MR) is 75.3 cm³/mol. The zero-order valence-corrected chi connectivity index (χ0v) is 12.2. The molecule has 0 bridgehead atoms. The topological polar surface area (TPSA) is 15.3 Å². The van der Waals surface area contributed by atoms with E-state index in [1.807, 2.05) is 0 Å². The minimum absolute atomic E-state index is 0.410. The van der Waals surface area contributed by atoms with Crippen molar-refractivity contribution >= 4 is 11.8 Å². The van der Waals surface area contributed by atoms with Crippen molar-refractivity contribution in [2.75, 3.05) is 31.9 Å². The van der Waals surface area contributed by atoms with E-state index in [4.69, 9.17) is 0 Å². The molecule has 0 spiro atoms. The summed E-state index contributed by atoms with van der Waals surface area (Å²) >= 11 is 2.05. The lowest BCUT2D eigenvalue weighted by molar-refractivity contribution is 0.208. The highest BCUT2D eigenvalue weighted by atomic mass is 32.2. The average molecular weight is 244 g/mol. The van der Waals surface area contributed by atoms with Crippen LogP contribution in [-0.2, 0) is 0 Å². The maximum atomic E-state index is 3.69. The molecule has 0 aromatic heterocycles. The highest BCUT2D eigenvalue weighted by molar-refractivity contribution is 8.00. The third kappa shape index (κ3) is 6.12. The molecule has 1 heterocycles. The van der Waals surface area contributed by atoms with Gasteiger partial charge < -0.3 is 10.2 Å². The molecule has 0 radical (unpaired) electrons. The molecule has 1 saturated heterocycles. The summed E-state index contributed by atoms with van der Waals surface area (Å²) in [6.45, 7) is 14.1. The number of likely N-dealkylation sites (tertiary alicyclic amines) is 1. The van der Waals surface area contributed by atoms with Gasteiger partial charge in [0.05, 0.1) is 0 Å². The van der Waals surface area contributed by atoms with Gasteiger partial charge in [0, 0.05) is 23.1 Å². The van der Waals surface area contributed by atoms with Gasteiger partial charge in [0.1, 0.15) is 0 Å². The molecule has 3 heteroatoms. The van der Waals surface area contributed by atoms with E-state index >= 15 is 0 Å². The van der Waals surface area contributed by atoms with Crippen molar-refractivity contribution in [2.45, 2.75) is 51.3 Å². The Morgan fingerprint density at radius 2 is 1.88 bits per heavy atom. The molecule has 0 aromatic rings. The summed E-state index contributed by atoms with van der Waals surface area (Å²) in [5.41, 5.74) is 0. The van der Waals surface area contributed by atoms with E-state index in [2.05, 4.69) is 49.7 Å². The van der Waals surface area contributed by atoms with E-state index in [1.165, 1.54) is 44.8 Å². The third-order valence-electron chi connectivity index (χ3n) is 3.10. The summed E-state index contributed by atoms with van der Waals surface area (Å²) in [6.07, 6.45) is 2.65. The van der Waals surface area contributed by atoms with Crippen molar-refractivity contribution in [3.05, 3.63) is 0 Å². The monoisotopic (exact) mass is 244 g/mol. The lowest BCUT2D eigenvalue weighted by Crippen LogP contribution is -2.43. The van der Waals surface area contributed by atoms with E-state index < -0.39 is 0 Å². The molecule has 0 amide bonds. The molecule has 1 fully saturated rings. The van der Waals surface area contributed by atoms with Gasteiger partial charge in [-0.15, -0.1) is 0 Å². The molecule has 1 N–H and O–H groups in total. The van der Waals surface area contributed by atoms with Crippen LogP contribution < -0.4 is 5.32 Å². The third-order valence-corrected chi connectivity index (χ3v) is 4.38. The summed E-state index contributed by atoms with van der Waals surface area (Å²) in [6, 6.07) is 0.767. The first-order valence-electron chi connectivity index (χ1n) is 6.61. The quantitative estimate of drug-likeness (QED) is 0.748. The predicted octanol–water partition coefficient (Wildman–Crippen LogP) is 2.59. The fraction of sp³-hybridized carbons (Fsp3) is 1.00. The normalized spacial score (nSPS) is 20.2. The van der Waals surface area contributed by atoms with Crippen LogP contribution in [0.1, 0.15) is 40.5 Å². The fourth-order valence-corrected chi connectivity index (χ4v) is 2.91. The van der Waals surface area contributed by atoms with E-state index in [1.54, 1.807) is 0 Å². The number of nitrogens with one attached hydrogen (secondary N) is 1. The molecule has 1 rings (SSSR count). The Morgan fingerprint density at radius 1 is 1.25 bits per heavy atom. The van der Waals surface area contributed by atoms with Crippen LogP contribution in [-0.4, -0.2) is 47.6 Å². The number of hydrogen-bond acceptors (Lipinski definition) is 3. The van der Waals surface area contributed by atoms with E-state index in [0.29, 0.717) is 4.75 Å². The number of thioether (sulfide) groups is 1. The number of nitrogens with zero attached hydrogens (tertiary/aromatic N) is 1. The van der Waals surface area contributed by atoms with E-state index in [-0.39, 0.29) is 0 Å². The summed E-state index contributed by atoms with van der Waals surface area (Å²) < 4.78 is 0.410. The van der Waals surface area contributed by atoms with Crippen molar-refractivity contribution in [1.82, 2.24) is 10.2 Å². The molecule has 0 atom stereocenters. The molecule has 0 unspecified atom stereocenters. The Hall–Kier alpha value is 0.270. The molecule has 0 saturated carbocycles. The standard InChI is InChI=1S/C13H28N2S/c1-5-15-9-6-12(7-10-15)14-8-11-16-13(2,3)4/h12,14H,5-11H2,1-4H3. The lowest BCUT2D eigenvalue weighted by atomic mass is 10.1. The maximum absolute atomic E-state index is 3.69. The highest BCUT2D eigenvalue weighted by Crippen LogP contribution is 2.22. The Bertz CT molecular complexity index is 181. The zero-order chi connectivity index (χ0) is 12.0. The first-order chi connectivity index (χ1) is 7.51. The minimum Gasteiger partial charge on any atom is -0.313 e. The van der Waals surface area contributed by atoms with Crippen LogP contribution in [0.4, 0.5) is 0 Å². The van der Waals surface area contributed by atoms with Crippen molar-refractivity contribution in [2.24, 2.45) is 0 Å². The summed E-state index contributed by atoms with van der Waals surface area (Å²) in [5, 5.41) is 3.69. The van der Waals surface area contributed by atoms with Crippen LogP contribution in [0.25, 0.3) is 0 Å². The second-order valence-corrected chi connectivity index (χ2v) is 7.55. The van der Waals surface area contributed by atoms with Crippen molar-refractivity contribution < 1.29 is 0 Å². The fourth-order valence-electron chi connectivity index (χ4n) is 2.07. The molecule has 96 valence electrons. The van der Waals surface area contributed by atoms with Crippen LogP contribution in [0, 0.1) is 0 Å². The van der Waals surface area contributed by atoms with Gasteiger partial charge in [-0.1, -0.05) is 27.7 Å². The molecule has 0 aliphatic carbocycles. The summed E-state index contributed by atoms with van der Waals surface area (Å²) in [4.78, 5) is 2.54. The molecular weight excluding hydrogens is 216 g/mol. The van der Waals surface area contributed by atoms with Crippen LogP contribution in [0.5, 0.6) is 0 Å². The summed E-state index contributed by atoms with van der Waals surface area (Å²) in [7, 11) is 0. The Labute approximate surface area is 106 Å². The van der Waals surface area contributed by atoms with Crippen LogP contribution in [0.3, 0.4) is 0 Å². The minimum atomic E-state index is 0.410. The van der Waals surface area contributed by atoms with Gasteiger partial charge in [0.2, 0.25) is 0 Å². The van der Waals surface area contributed by atoms with Gasteiger partial charge in [-0.25, -0.2) is 0 Å². The number of rotatable bonds is 5. The van der Waals surface area contributed by atoms with E-state index in [0.717, 1.165) is 6.04 Å². The first kappa shape index (κ1) is 14.3. The van der Waals surface area contributed by atoms with Crippen molar-refractivity contribution in [3.8, 4) is 0 Å². The van der Waals surface area contributed by atoms with Crippen LogP contribution in [0.15, 0.2) is 0 Å².